The van der Waals surface area contributed by atoms with Crippen molar-refractivity contribution in [3.63, 3.8) is 0 Å². The van der Waals surface area contributed by atoms with Crippen molar-refractivity contribution in [1.29, 1.82) is 0 Å². The van der Waals surface area contributed by atoms with Crippen molar-refractivity contribution in [2.45, 2.75) is 12.3 Å². The number of benzene rings is 1. The van der Waals surface area contributed by atoms with Gasteiger partial charge in [-0.1, -0.05) is 11.6 Å². The van der Waals surface area contributed by atoms with Gasteiger partial charge in [0.15, 0.2) is 11.6 Å². The van der Waals surface area contributed by atoms with Gasteiger partial charge in [0.25, 0.3) is 0 Å². The average Bonchev–Trinajstić information content (AvgIpc) is 3.12. The van der Waals surface area contributed by atoms with Gasteiger partial charge in [0.2, 0.25) is 11.9 Å². The van der Waals surface area contributed by atoms with Gasteiger partial charge in [-0.3, -0.25) is 4.79 Å². The Hall–Kier alpha value is -2.41. The van der Waals surface area contributed by atoms with Crippen LogP contribution in [0.5, 0.6) is 0 Å². The summed E-state index contributed by atoms with van der Waals surface area (Å²) >= 11 is 5.80. The first-order valence-corrected chi connectivity index (χ1v) is 7.23. The number of ether oxygens (including phenoxy) is 1. The third-order valence-corrected chi connectivity index (χ3v) is 3.71. The van der Waals surface area contributed by atoms with Gasteiger partial charge >= 0.3 is 6.18 Å². The minimum atomic E-state index is -4.58. The molecule has 0 radical (unpaired) electrons. The SMILES string of the molecule is CNC1=C(c2cc(Cl)cc(C(F)(F)F)c2)C(=O)C(c2ccco2)O1. The zero-order valence-corrected chi connectivity index (χ0v) is 13.0. The zero-order chi connectivity index (χ0) is 17.5. The summed E-state index contributed by atoms with van der Waals surface area (Å²) in [5.41, 5.74) is -0.924. The van der Waals surface area contributed by atoms with Crippen molar-refractivity contribution in [3.05, 3.63) is 64.4 Å². The molecule has 8 heteroatoms. The van der Waals surface area contributed by atoms with Crippen LogP contribution >= 0.6 is 11.6 Å². The first kappa shape index (κ1) is 16.4. The molecule has 2 heterocycles. The number of Topliss-reactive ketones (excluding diaryl/α,β-unsaturated/α-hetero) is 1. The number of carbonyl (C=O) groups excluding carboxylic acids is 1. The van der Waals surface area contributed by atoms with E-state index in [4.69, 9.17) is 20.8 Å². The van der Waals surface area contributed by atoms with E-state index in [0.717, 1.165) is 12.1 Å². The summed E-state index contributed by atoms with van der Waals surface area (Å²) in [6.45, 7) is 0. The second kappa shape index (κ2) is 5.90. The lowest BCUT2D eigenvalue weighted by molar-refractivity contribution is -0.137. The summed E-state index contributed by atoms with van der Waals surface area (Å²) in [6.07, 6.45) is -4.25. The van der Waals surface area contributed by atoms with E-state index in [9.17, 15) is 18.0 Å². The second-order valence-electron chi connectivity index (χ2n) is 5.06. The van der Waals surface area contributed by atoms with Crippen LogP contribution in [0.4, 0.5) is 13.2 Å². The summed E-state index contributed by atoms with van der Waals surface area (Å²) in [6, 6.07) is 6.09. The minimum absolute atomic E-state index is 0.00750. The molecule has 4 nitrogen and oxygen atoms in total. The minimum Gasteiger partial charge on any atom is -0.465 e. The highest BCUT2D eigenvalue weighted by molar-refractivity contribution is 6.31. The van der Waals surface area contributed by atoms with Gasteiger partial charge in [-0.15, -0.1) is 0 Å². The molecule has 1 aromatic heterocycles. The van der Waals surface area contributed by atoms with Crippen molar-refractivity contribution < 1.29 is 27.1 Å². The molecular weight excluding hydrogens is 347 g/mol. The number of hydrogen-bond acceptors (Lipinski definition) is 4. The molecule has 3 rings (SSSR count). The van der Waals surface area contributed by atoms with Crippen LogP contribution in [0.3, 0.4) is 0 Å². The third-order valence-electron chi connectivity index (χ3n) is 3.49. The number of nitrogens with one attached hydrogen (secondary N) is 1. The zero-order valence-electron chi connectivity index (χ0n) is 12.3. The fraction of sp³-hybridized carbons (Fsp3) is 0.188. The van der Waals surface area contributed by atoms with Crippen LogP contribution in [0.2, 0.25) is 5.02 Å². The van der Waals surface area contributed by atoms with Crippen LogP contribution in [0, 0.1) is 0 Å². The molecular formula is C16H11ClF3NO3. The Balaban J connectivity index is 2.07. The number of alkyl halides is 3. The predicted octanol–water partition coefficient (Wildman–Crippen LogP) is 4.18. The smallest absolute Gasteiger partial charge is 0.416 e. The maximum Gasteiger partial charge on any atom is 0.416 e. The van der Waals surface area contributed by atoms with E-state index in [0.29, 0.717) is 0 Å². The Bertz CT molecular complexity index is 812. The fourth-order valence-electron chi connectivity index (χ4n) is 2.46. The number of carbonyl (C=O) groups is 1. The van der Waals surface area contributed by atoms with Crippen molar-refractivity contribution in [2.75, 3.05) is 7.05 Å². The van der Waals surface area contributed by atoms with E-state index in [1.54, 1.807) is 12.1 Å². The molecule has 1 aliphatic rings. The van der Waals surface area contributed by atoms with Gasteiger partial charge in [-0.05, 0) is 35.9 Å². The molecule has 0 spiro atoms. The summed E-state index contributed by atoms with van der Waals surface area (Å²) in [7, 11) is 1.50. The number of rotatable bonds is 3. The predicted molar refractivity (Wildman–Crippen MR) is 80.0 cm³/mol. The van der Waals surface area contributed by atoms with Crippen molar-refractivity contribution in [3.8, 4) is 0 Å². The monoisotopic (exact) mass is 357 g/mol. The molecule has 1 aromatic carbocycles. The standard InChI is InChI=1S/C16H11ClF3NO3/c1-21-15-12(13(22)14(24-15)11-3-2-4-23-11)8-5-9(16(18,19)20)7-10(17)6-8/h2-7,14,21H,1H3. The Kier molecular flexibility index (Phi) is 4.04. The van der Waals surface area contributed by atoms with Crippen LogP contribution in [0.15, 0.2) is 46.9 Å². The topological polar surface area (TPSA) is 51.5 Å². The van der Waals surface area contributed by atoms with Gasteiger partial charge < -0.3 is 14.5 Å². The van der Waals surface area contributed by atoms with Gasteiger partial charge in [0, 0.05) is 12.1 Å². The maximum absolute atomic E-state index is 13.0. The van der Waals surface area contributed by atoms with Gasteiger partial charge in [0.05, 0.1) is 17.4 Å². The quantitative estimate of drug-likeness (QED) is 0.895. The molecule has 0 saturated heterocycles. The van der Waals surface area contributed by atoms with Gasteiger partial charge in [0.1, 0.15) is 0 Å². The van der Waals surface area contributed by atoms with E-state index in [2.05, 4.69) is 5.32 Å². The average molecular weight is 358 g/mol. The first-order chi connectivity index (χ1) is 11.3. The van der Waals surface area contributed by atoms with Crippen LogP contribution in [0.1, 0.15) is 23.0 Å². The molecule has 0 fully saturated rings. The maximum atomic E-state index is 13.0. The fourth-order valence-corrected chi connectivity index (χ4v) is 2.69. The molecule has 126 valence electrons. The molecule has 1 unspecified atom stereocenters. The molecule has 1 aliphatic heterocycles. The summed E-state index contributed by atoms with van der Waals surface area (Å²) in [5.74, 6) is -0.178. The molecule has 0 saturated carbocycles. The van der Waals surface area contributed by atoms with Gasteiger partial charge in [-0.2, -0.15) is 13.2 Å². The Morgan fingerprint density at radius 2 is 2.00 bits per heavy atom. The number of ketones is 1. The van der Waals surface area contributed by atoms with Crippen molar-refractivity contribution in [1.82, 2.24) is 5.32 Å². The highest BCUT2D eigenvalue weighted by atomic mass is 35.5. The molecule has 0 aliphatic carbocycles. The molecule has 1 atom stereocenters. The lowest BCUT2D eigenvalue weighted by Crippen LogP contribution is -2.10. The highest BCUT2D eigenvalue weighted by Gasteiger charge is 2.40. The normalized spacial score (nSPS) is 18.0. The van der Waals surface area contributed by atoms with E-state index >= 15 is 0 Å². The van der Waals surface area contributed by atoms with E-state index in [1.165, 1.54) is 19.4 Å². The molecule has 2 aromatic rings. The number of furan rings is 1. The third kappa shape index (κ3) is 2.87. The Labute approximate surface area is 139 Å². The summed E-state index contributed by atoms with van der Waals surface area (Å²) in [5, 5.41) is 2.56. The van der Waals surface area contributed by atoms with Crippen LogP contribution in [-0.2, 0) is 15.7 Å². The highest BCUT2D eigenvalue weighted by Crippen LogP contribution is 2.40. The van der Waals surface area contributed by atoms with Crippen LogP contribution in [0.25, 0.3) is 5.57 Å². The van der Waals surface area contributed by atoms with Gasteiger partial charge in [-0.25, -0.2) is 0 Å². The molecule has 24 heavy (non-hydrogen) atoms. The van der Waals surface area contributed by atoms with E-state index < -0.39 is 23.6 Å². The van der Waals surface area contributed by atoms with E-state index in [1.807, 2.05) is 0 Å². The molecule has 0 bridgehead atoms. The number of halogens is 4. The lowest BCUT2D eigenvalue weighted by atomic mass is 9.98. The largest absolute Gasteiger partial charge is 0.465 e. The van der Waals surface area contributed by atoms with Crippen LogP contribution < -0.4 is 5.32 Å². The van der Waals surface area contributed by atoms with Crippen molar-refractivity contribution in [2.24, 2.45) is 0 Å². The van der Waals surface area contributed by atoms with Crippen LogP contribution in [-0.4, -0.2) is 12.8 Å². The Morgan fingerprint density at radius 1 is 1.25 bits per heavy atom. The summed E-state index contributed by atoms with van der Waals surface area (Å²) < 4.78 is 49.6. The van der Waals surface area contributed by atoms with Crippen molar-refractivity contribution >= 4 is 23.0 Å². The second-order valence-corrected chi connectivity index (χ2v) is 5.49. The Morgan fingerprint density at radius 3 is 2.58 bits per heavy atom. The first-order valence-electron chi connectivity index (χ1n) is 6.85. The number of hydrogen-bond donors (Lipinski definition) is 1. The lowest BCUT2D eigenvalue weighted by Gasteiger charge is -2.10. The summed E-state index contributed by atoms with van der Waals surface area (Å²) in [4.78, 5) is 12.6. The molecule has 0 amide bonds. The van der Waals surface area contributed by atoms with E-state index in [-0.39, 0.29) is 27.8 Å². The molecule has 1 N–H and O–H groups in total.